The van der Waals surface area contributed by atoms with Gasteiger partial charge in [-0.1, -0.05) is 36.7 Å². The molecule has 112 valence electrons. The maximum Gasteiger partial charge on any atom is 0.142 e. The number of hydrogen-bond donors (Lipinski definition) is 1. The van der Waals surface area contributed by atoms with E-state index in [4.69, 9.17) is 11.6 Å². The maximum absolute atomic E-state index is 13.5. The van der Waals surface area contributed by atoms with Gasteiger partial charge >= 0.3 is 0 Å². The molecule has 0 fully saturated rings. The number of hydrogen-bond acceptors (Lipinski definition) is 1. The van der Waals surface area contributed by atoms with Crippen molar-refractivity contribution in [2.45, 2.75) is 25.8 Å². The molecule has 4 heteroatoms. The van der Waals surface area contributed by atoms with Crippen LogP contribution in [-0.2, 0) is 12.8 Å². The molecule has 0 saturated carbocycles. The fraction of sp³-hybridized carbons (Fsp3) is 0.294. The third kappa shape index (κ3) is 4.80. The van der Waals surface area contributed by atoms with Crippen molar-refractivity contribution in [1.29, 1.82) is 0 Å². The van der Waals surface area contributed by atoms with E-state index >= 15 is 0 Å². The second-order valence-corrected chi connectivity index (χ2v) is 5.45. The summed E-state index contributed by atoms with van der Waals surface area (Å²) in [4.78, 5) is 0. The third-order valence-corrected chi connectivity index (χ3v) is 3.64. The van der Waals surface area contributed by atoms with Gasteiger partial charge in [0, 0.05) is 6.04 Å². The zero-order valence-electron chi connectivity index (χ0n) is 11.9. The quantitative estimate of drug-likeness (QED) is 0.835. The van der Waals surface area contributed by atoms with Crippen LogP contribution in [0, 0.1) is 11.6 Å². The van der Waals surface area contributed by atoms with E-state index in [0.717, 1.165) is 17.7 Å². The van der Waals surface area contributed by atoms with Gasteiger partial charge in [0.1, 0.15) is 11.6 Å². The summed E-state index contributed by atoms with van der Waals surface area (Å²) in [5.41, 5.74) is 1.80. The lowest BCUT2D eigenvalue weighted by molar-refractivity contribution is 0.517. The molecule has 0 radical (unpaired) electrons. The molecule has 0 aliphatic carbocycles. The van der Waals surface area contributed by atoms with Crippen molar-refractivity contribution in [3.63, 3.8) is 0 Å². The van der Waals surface area contributed by atoms with Crippen LogP contribution in [0.4, 0.5) is 8.78 Å². The number of rotatable bonds is 6. The number of nitrogens with one attached hydrogen (secondary N) is 1. The molecule has 1 N–H and O–H groups in total. The summed E-state index contributed by atoms with van der Waals surface area (Å²) in [6.07, 6.45) is 1.36. The first-order chi connectivity index (χ1) is 10.1. The van der Waals surface area contributed by atoms with Gasteiger partial charge in [-0.3, -0.25) is 0 Å². The number of benzene rings is 2. The minimum Gasteiger partial charge on any atom is -0.314 e. The molecule has 2 aromatic carbocycles. The van der Waals surface area contributed by atoms with Gasteiger partial charge in [-0.25, -0.2) is 8.78 Å². The molecule has 1 atom stereocenters. The van der Waals surface area contributed by atoms with E-state index in [9.17, 15) is 8.78 Å². The molecular formula is C17H18ClF2N. The predicted molar refractivity (Wildman–Crippen MR) is 82.7 cm³/mol. The van der Waals surface area contributed by atoms with E-state index in [-0.39, 0.29) is 16.9 Å². The number of halogens is 3. The standard InChI is InChI=1S/C17H18ClF2N/c1-2-21-15(9-12-4-3-5-14(19)8-12)10-13-6-7-16(18)17(20)11-13/h3-8,11,15,21H,2,9-10H2,1H3. The Hall–Kier alpha value is -1.45. The average molecular weight is 310 g/mol. The molecule has 0 aliphatic rings. The molecule has 0 bridgehead atoms. The predicted octanol–water partition coefficient (Wildman–Crippen LogP) is 4.38. The van der Waals surface area contributed by atoms with E-state index < -0.39 is 5.82 Å². The van der Waals surface area contributed by atoms with Crippen LogP contribution in [0.1, 0.15) is 18.1 Å². The molecule has 0 saturated heterocycles. The van der Waals surface area contributed by atoms with Crippen molar-refractivity contribution >= 4 is 11.6 Å². The smallest absolute Gasteiger partial charge is 0.142 e. The average Bonchev–Trinajstić information content (AvgIpc) is 2.43. The summed E-state index contributed by atoms with van der Waals surface area (Å²) in [6.45, 7) is 2.82. The van der Waals surface area contributed by atoms with Crippen molar-refractivity contribution in [2.75, 3.05) is 6.54 Å². The van der Waals surface area contributed by atoms with Crippen molar-refractivity contribution < 1.29 is 8.78 Å². The van der Waals surface area contributed by atoms with Crippen molar-refractivity contribution in [3.8, 4) is 0 Å². The fourth-order valence-electron chi connectivity index (χ4n) is 2.40. The largest absolute Gasteiger partial charge is 0.314 e. The molecule has 1 nitrogen and oxygen atoms in total. The van der Waals surface area contributed by atoms with E-state index in [0.29, 0.717) is 12.8 Å². The first-order valence-electron chi connectivity index (χ1n) is 7.00. The van der Waals surface area contributed by atoms with Crippen LogP contribution in [0.2, 0.25) is 5.02 Å². The van der Waals surface area contributed by atoms with Crippen molar-refractivity contribution in [1.82, 2.24) is 5.32 Å². The summed E-state index contributed by atoms with van der Waals surface area (Å²) in [6, 6.07) is 11.5. The maximum atomic E-state index is 13.5. The van der Waals surface area contributed by atoms with Gasteiger partial charge < -0.3 is 5.32 Å². The van der Waals surface area contributed by atoms with Gasteiger partial charge in [0.25, 0.3) is 0 Å². The van der Waals surface area contributed by atoms with E-state index in [1.54, 1.807) is 12.1 Å². The lowest BCUT2D eigenvalue weighted by atomic mass is 9.99. The van der Waals surface area contributed by atoms with E-state index in [1.165, 1.54) is 18.2 Å². The summed E-state index contributed by atoms with van der Waals surface area (Å²) >= 11 is 5.69. The van der Waals surface area contributed by atoms with Gasteiger partial charge in [0.05, 0.1) is 5.02 Å². The molecule has 21 heavy (non-hydrogen) atoms. The molecule has 0 aliphatic heterocycles. The minimum atomic E-state index is -0.407. The van der Waals surface area contributed by atoms with Crippen LogP contribution in [0.3, 0.4) is 0 Å². The molecule has 2 aromatic rings. The van der Waals surface area contributed by atoms with Gasteiger partial charge in [-0.15, -0.1) is 0 Å². The monoisotopic (exact) mass is 309 g/mol. The molecule has 0 amide bonds. The van der Waals surface area contributed by atoms with E-state index in [1.807, 2.05) is 19.1 Å². The van der Waals surface area contributed by atoms with Crippen LogP contribution in [-0.4, -0.2) is 12.6 Å². The highest BCUT2D eigenvalue weighted by Gasteiger charge is 2.11. The second-order valence-electron chi connectivity index (χ2n) is 5.04. The topological polar surface area (TPSA) is 12.0 Å². The second kappa shape index (κ2) is 7.53. The lowest BCUT2D eigenvalue weighted by Crippen LogP contribution is -2.33. The van der Waals surface area contributed by atoms with Crippen LogP contribution >= 0.6 is 11.6 Å². The molecular weight excluding hydrogens is 292 g/mol. The Balaban J connectivity index is 2.09. The molecule has 0 heterocycles. The van der Waals surface area contributed by atoms with Crippen LogP contribution < -0.4 is 5.32 Å². The van der Waals surface area contributed by atoms with Gasteiger partial charge in [-0.2, -0.15) is 0 Å². The number of likely N-dealkylation sites (N-methyl/N-ethyl adjacent to an activating group) is 1. The lowest BCUT2D eigenvalue weighted by Gasteiger charge is -2.18. The molecule has 2 rings (SSSR count). The Labute approximate surface area is 128 Å². The van der Waals surface area contributed by atoms with E-state index in [2.05, 4.69) is 5.32 Å². The van der Waals surface area contributed by atoms with Crippen LogP contribution in [0.5, 0.6) is 0 Å². The fourth-order valence-corrected chi connectivity index (χ4v) is 2.52. The van der Waals surface area contributed by atoms with Crippen molar-refractivity contribution in [3.05, 3.63) is 70.2 Å². The molecule has 1 unspecified atom stereocenters. The highest BCUT2D eigenvalue weighted by molar-refractivity contribution is 6.30. The Morgan fingerprint density at radius 2 is 1.76 bits per heavy atom. The summed E-state index contributed by atoms with van der Waals surface area (Å²) in [5.74, 6) is -0.643. The van der Waals surface area contributed by atoms with Gasteiger partial charge in [0.15, 0.2) is 0 Å². The zero-order valence-corrected chi connectivity index (χ0v) is 12.6. The van der Waals surface area contributed by atoms with Gasteiger partial charge in [-0.05, 0) is 54.8 Å². The Bertz CT molecular complexity index is 601. The Kier molecular flexibility index (Phi) is 5.71. The van der Waals surface area contributed by atoms with Gasteiger partial charge in [0.2, 0.25) is 0 Å². The van der Waals surface area contributed by atoms with Crippen molar-refractivity contribution in [2.24, 2.45) is 0 Å². The summed E-state index contributed by atoms with van der Waals surface area (Å²) < 4.78 is 26.7. The SMILES string of the molecule is CCNC(Cc1cccc(F)c1)Cc1ccc(Cl)c(F)c1. The Morgan fingerprint density at radius 1 is 1.05 bits per heavy atom. The minimum absolute atomic E-state index is 0.123. The summed E-state index contributed by atoms with van der Waals surface area (Å²) in [5, 5.41) is 3.48. The first kappa shape index (κ1) is 15.9. The van der Waals surface area contributed by atoms with Crippen LogP contribution in [0.15, 0.2) is 42.5 Å². The molecule has 0 aromatic heterocycles. The third-order valence-electron chi connectivity index (χ3n) is 3.33. The normalized spacial score (nSPS) is 12.4. The zero-order chi connectivity index (χ0) is 15.2. The summed E-state index contributed by atoms with van der Waals surface area (Å²) in [7, 11) is 0. The highest BCUT2D eigenvalue weighted by atomic mass is 35.5. The Morgan fingerprint density at radius 3 is 2.38 bits per heavy atom. The van der Waals surface area contributed by atoms with Crippen LogP contribution in [0.25, 0.3) is 0 Å². The highest BCUT2D eigenvalue weighted by Crippen LogP contribution is 2.17. The first-order valence-corrected chi connectivity index (χ1v) is 7.38. The molecule has 0 spiro atoms.